The van der Waals surface area contributed by atoms with Crippen LogP contribution in [0.2, 0.25) is 0 Å². The normalized spacial score (nSPS) is 25.0. The van der Waals surface area contributed by atoms with Gasteiger partial charge in [-0.15, -0.1) is 0 Å². The molecule has 2 bridgehead atoms. The molecule has 0 amide bonds. The Balaban J connectivity index is 1.57. The summed E-state index contributed by atoms with van der Waals surface area (Å²) in [5.74, 6) is 1.06. The number of pyridine rings is 1. The molecule has 2 aliphatic heterocycles. The van der Waals surface area contributed by atoms with Crippen molar-refractivity contribution >= 4 is 11.5 Å². The summed E-state index contributed by atoms with van der Waals surface area (Å²) < 4.78 is 1.69. The molecule has 7 nitrogen and oxygen atoms in total. The Morgan fingerprint density at radius 3 is 2.69 bits per heavy atom. The summed E-state index contributed by atoms with van der Waals surface area (Å²) in [6, 6.07) is 6.95. The number of anilines is 1. The van der Waals surface area contributed by atoms with Crippen molar-refractivity contribution in [3.63, 3.8) is 0 Å². The van der Waals surface area contributed by atoms with E-state index in [1.54, 1.807) is 16.9 Å². The maximum Gasteiger partial charge on any atom is 0.165 e. The third-order valence-corrected chi connectivity index (χ3v) is 5.71. The first kappa shape index (κ1) is 15.7. The number of piperidine rings is 1. The Labute approximate surface area is 151 Å². The highest BCUT2D eigenvalue weighted by atomic mass is 16.3. The summed E-state index contributed by atoms with van der Waals surface area (Å²) in [5, 5.41) is 17.3. The van der Waals surface area contributed by atoms with E-state index in [-0.39, 0.29) is 6.61 Å². The van der Waals surface area contributed by atoms with Gasteiger partial charge >= 0.3 is 0 Å². The van der Waals surface area contributed by atoms with Crippen LogP contribution in [0.4, 0.5) is 5.82 Å². The summed E-state index contributed by atoms with van der Waals surface area (Å²) in [5.41, 5.74) is 10.6. The number of nitrogens with zero attached hydrogens (tertiary/aromatic N) is 4. The van der Waals surface area contributed by atoms with E-state index in [0.29, 0.717) is 29.5 Å². The molecule has 3 atom stereocenters. The second-order valence-electron chi connectivity index (χ2n) is 7.40. The molecule has 0 unspecified atom stereocenters. The van der Waals surface area contributed by atoms with Crippen molar-refractivity contribution in [1.29, 1.82) is 0 Å². The minimum absolute atomic E-state index is 0.0670. The van der Waals surface area contributed by atoms with Gasteiger partial charge in [-0.1, -0.05) is 6.07 Å². The number of nitrogens with one attached hydrogen (secondary N) is 1. The summed E-state index contributed by atoms with van der Waals surface area (Å²) in [7, 11) is 0. The average molecular weight is 350 g/mol. The molecule has 3 aromatic heterocycles. The third kappa shape index (κ3) is 2.55. The minimum Gasteiger partial charge on any atom is -0.390 e. The fourth-order valence-electron chi connectivity index (χ4n) is 4.39. The quantitative estimate of drug-likeness (QED) is 0.666. The van der Waals surface area contributed by atoms with Crippen molar-refractivity contribution in [3.05, 3.63) is 42.0 Å². The van der Waals surface area contributed by atoms with E-state index >= 15 is 0 Å². The second-order valence-corrected chi connectivity index (χ2v) is 7.40. The van der Waals surface area contributed by atoms with Gasteiger partial charge in [0.05, 0.1) is 18.5 Å². The lowest BCUT2D eigenvalue weighted by molar-refractivity contribution is 0.277. The number of aliphatic hydroxyl groups excluding tert-OH is 1. The van der Waals surface area contributed by atoms with Gasteiger partial charge in [-0.25, -0.2) is 4.98 Å². The van der Waals surface area contributed by atoms with Gasteiger partial charge < -0.3 is 16.2 Å². The van der Waals surface area contributed by atoms with E-state index in [1.807, 2.05) is 18.2 Å². The van der Waals surface area contributed by atoms with Crippen LogP contribution >= 0.6 is 0 Å². The molecule has 2 aliphatic rings. The Morgan fingerprint density at radius 1 is 1.19 bits per heavy atom. The fraction of sp³-hybridized carbons (Fsp3) is 0.421. The highest BCUT2D eigenvalue weighted by Gasteiger charge is 2.35. The van der Waals surface area contributed by atoms with E-state index in [4.69, 9.17) is 10.7 Å². The molecule has 4 N–H and O–H groups in total. The summed E-state index contributed by atoms with van der Waals surface area (Å²) >= 11 is 0. The van der Waals surface area contributed by atoms with Crippen LogP contribution in [0.25, 0.3) is 16.8 Å². The molecule has 7 heteroatoms. The van der Waals surface area contributed by atoms with E-state index in [1.165, 1.54) is 12.8 Å². The second kappa shape index (κ2) is 6.03. The largest absolute Gasteiger partial charge is 0.390 e. The van der Waals surface area contributed by atoms with Gasteiger partial charge in [0, 0.05) is 47.1 Å². The molecular formula is C19H22N6O. The molecule has 2 saturated heterocycles. The molecule has 2 fully saturated rings. The van der Waals surface area contributed by atoms with Gasteiger partial charge in [0.15, 0.2) is 5.65 Å². The molecule has 26 heavy (non-hydrogen) atoms. The highest BCUT2D eigenvalue weighted by molar-refractivity contribution is 5.77. The zero-order valence-electron chi connectivity index (χ0n) is 14.5. The van der Waals surface area contributed by atoms with Crippen LogP contribution in [0.5, 0.6) is 0 Å². The van der Waals surface area contributed by atoms with Gasteiger partial charge in [-0.3, -0.25) is 4.98 Å². The fourth-order valence-corrected chi connectivity index (χ4v) is 4.39. The maximum atomic E-state index is 9.18. The highest BCUT2D eigenvalue weighted by Crippen LogP contribution is 2.37. The van der Waals surface area contributed by atoms with Gasteiger partial charge in [-0.2, -0.15) is 9.61 Å². The number of fused-ring (bicyclic) bond motifs is 3. The molecule has 134 valence electrons. The minimum atomic E-state index is -0.0670. The number of aliphatic hydroxyl groups is 1. The van der Waals surface area contributed by atoms with E-state index in [9.17, 15) is 5.11 Å². The number of rotatable bonds is 3. The Kier molecular flexibility index (Phi) is 3.65. The Hall–Kier alpha value is -2.51. The summed E-state index contributed by atoms with van der Waals surface area (Å²) in [6.07, 6.45) is 8.30. The van der Waals surface area contributed by atoms with Crippen molar-refractivity contribution in [2.75, 3.05) is 5.73 Å². The molecule has 0 aromatic carbocycles. The van der Waals surface area contributed by atoms with E-state index in [2.05, 4.69) is 15.4 Å². The molecular weight excluding hydrogens is 328 g/mol. The monoisotopic (exact) mass is 350 g/mol. The molecule has 5 rings (SSSR count). The van der Waals surface area contributed by atoms with Crippen LogP contribution < -0.4 is 11.1 Å². The van der Waals surface area contributed by atoms with Gasteiger partial charge in [0.2, 0.25) is 0 Å². The third-order valence-electron chi connectivity index (χ3n) is 5.71. The van der Waals surface area contributed by atoms with Gasteiger partial charge in [0.1, 0.15) is 5.82 Å². The van der Waals surface area contributed by atoms with Crippen LogP contribution in [0, 0.1) is 0 Å². The molecule has 5 heterocycles. The smallest absolute Gasteiger partial charge is 0.165 e. The Morgan fingerprint density at radius 2 is 2.00 bits per heavy atom. The lowest BCUT2D eigenvalue weighted by Gasteiger charge is -2.28. The topological polar surface area (TPSA) is 101 Å². The predicted molar refractivity (Wildman–Crippen MR) is 98.5 cm³/mol. The SMILES string of the molecule is Nc1cc([C@H]2C[C@H]3CC[C@@H](C2)N3)nc2c(-c3ccc(CO)nc3)cnn12. The standard InChI is InChI=1S/C19H22N6O/c20-18-7-17(12-5-13-3-4-14(6-12)23-13)24-19-16(9-22-25(18)19)11-1-2-15(10-26)21-8-11/h1-2,7-9,12-14,23,26H,3-6,10,20H2/t12-,13+,14-. The van der Waals surface area contributed by atoms with Crippen LogP contribution in [0.1, 0.15) is 43.0 Å². The predicted octanol–water partition coefficient (Wildman–Crippen LogP) is 1.86. The number of hydrogen-bond donors (Lipinski definition) is 3. The van der Waals surface area contributed by atoms with E-state index < -0.39 is 0 Å². The summed E-state index contributed by atoms with van der Waals surface area (Å²) in [6.45, 7) is -0.0670. The average Bonchev–Trinajstić information content (AvgIpc) is 3.25. The lowest BCUT2D eigenvalue weighted by Crippen LogP contribution is -2.37. The zero-order chi connectivity index (χ0) is 17.7. The number of hydrogen-bond acceptors (Lipinski definition) is 6. The first-order valence-electron chi connectivity index (χ1n) is 9.17. The number of nitrogen functional groups attached to an aromatic ring is 1. The van der Waals surface area contributed by atoms with Crippen molar-refractivity contribution in [1.82, 2.24) is 24.9 Å². The van der Waals surface area contributed by atoms with Gasteiger partial charge in [-0.05, 0) is 31.7 Å². The Bertz CT molecular complexity index is 939. The summed E-state index contributed by atoms with van der Waals surface area (Å²) in [4.78, 5) is 9.22. The number of aromatic nitrogens is 4. The maximum absolute atomic E-state index is 9.18. The lowest BCUT2D eigenvalue weighted by atomic mass is 9.89. The van der Waals surface area contributed by atoms with E-state index in [0.717, 1.165) is 35.3 Å². The van der Waals surface area contributed by atoms with Crippen LogP contribution in [0.15, 0.2) is 30.6 Å². The first-order valence-corrected chi connectivity index (χ1v) is 9.17. The molecule has 3 aromatic rings. The van der Waals surface area contributed by atoms with Crippen molar-refractivity contribution in [2.45, 2.75) is 50.3 Å². The zero-order valence-corrected chi connectivity index (χ0v) is 14.5. The van der Waals surface area contributed by atoms with Crippen LogP contribution in [0.3, 0.4) is 0 Å². The first-order chi connectivity index (χ1) is 12.7. The molecule has 0 saturated carbocycles. The van der Waals surface area contributed by atoms with Crippen LogP contribution in [-0.4, -0.2) is 36.8 Å². The molecule has 0 aliphatic carbocycles. The molecule has 0 radical (unpaired) electrons. The van der Waals surface area contributed by atoms with Crippen molar-refractivity contribution in [3.8, 4) is 11.1 Å². The number of nitrogens with two attached hydrogens (primary N) is 1. The van der Waals surface area contributed by atoms with Crippen molar-refractivity contribution in [2.24, 2.45) is 0 Å². The van der Waals surface area contributed by atoms with Crippen molar-refractivity contribution < 1.29 is 5.11 Å². The van der Waals surface area contributed by atoms with Crippen LogP contribution in [-0.2, 0) is 6.61 Å². The van der Waals surface area contributed by atoms with Gasteiger partial charge in [0.25, 0.3) is 0 Å². The molecule has 0 spiro atoms.